The highest BCUT2D eigenvalue weighted by atomic mass is 32.1. The summed E-state index contributed by atoms with van der Waals surface area (Å²) in [6.45, 7) is 10.5. The fraction of sp³-hybridized carbons (Fsp3) is 0.387. The van der Waals surface area contributed by atoms with E-state index in [1.54, 1.807) is 11.8 Å². The standard InChI is InChI=1S/C31H35N3O4S/c1-20(2)22-10-12-23(13-11-22)26-25(27(35)29-21(3)32-30(39-29)24-8-5-4-6-9-24)28(36)31(37)34(26)15-7-14-33-16-18-38-19-17-33/h4-6,8-13,20,26,36H,7,14-19H2,1-3H3. The Hall–Kier alpha value is -3.33. The predicted molar refractivity (Wildman–Crippen MR) is 153 cm³/mol. The van der Waals surface area contributed by atoms with Crippen LogP contribution in [0.25, 0.3) is 10.6 Å². The van der Waals surface area contributed by atoms with Crippen molar-refractivity contribution in [2.45, 2.75) is 39.2 Å². The fourth-order valence-corrected chi connectivity index (χ4v) is 6.27. The third-order valence-electron chi connectivity index (χ3n) is 7.47. The van der Waals surface area contributed by atoms with Gasteiger partial charge in [-0.2, -0.15) is 0 Å². The molecule has 0 radical (unpaired) electrons. The zero-order valence-corrected chi connectivity index (χ0v) is 23.5. The van der Waals surface area contributed by atoms with E-state index in [0.717, 1.165) is 42.2 Å². The average molecular weight is 546 g/mol. The van der Waals surface area contributed by atoms with Gasteiger partial charge < -0.3 is 14.7 Å². The minimum Gasteiger partial charge on any atom is -0.503 e. The number of aliphatic hydroxyl groups excluding tert-OH is 1. The van der Waals surface area contributed by atoms with Crippen molar-refractivity contribution < 1.29 is 19.4 Å². The number of morpholine rings is 1. The van der Waals surface area contributed by atoms with E-state index in [-0.39, 0.29) is 11.4 Å². The maximum atomic E-state index is 14.0. The van der Waals surface area contributed by atoms with Crippen LogP contribution in [-0.2, 0) is 9.53 Å². The zero-order valence-electron chi connectivity index (χ0n) is 22.7. The van der Waals surface area contributed by atoms with Crippen molar-refractivity contribution in [1.82, 2.24) is 14.8 Å². The van der Waals surface area contributed by atoms with Gasteiger partial charge >= 0.3 is 0 Å². The number of aryl methyl sites for hydroxylation is 1. The van der Waals surface area contributed by atoms with Crippen molar-refractivity contribution in [3.63, 3.8) is 0 Å². The Kier molecular flexibility index (Phi) is 8.26. The summed E-state index contributed by atoms with van der Waals surface area (Å²) in [4.78, 5) is 36.5. The lowest BCUT2D eigenvalue weighted by Gasteiger charge is -2.30. The number of ether oxygens (including phenoxy) is 1. The van der Waals surface area contributed by atoms with Crippen molar-refractivity contribution in [1.29, 1.82) is 0 Å². The molecule has 8 heteroatoms. The molecule has 1 atom stereocenters. The molecule has 2 aromatic carbocycles. The Bertz CT molecular complexity index is 1360. The SMILES string of the molecule is Cc1nc(-c2ccccc2)sc1C(=O)C1=C(O)C(=O)N(CCCN2CCOCC2)C1c1ccc(C(C)C)cc1. The minimum atomic E-state index is -0.655. The number of thiazole rings is 1. The topological polar surface area (TPSA) is 83.0 Å². The molecule has 1 amide bonds. The van der Waals surface area contributed by atoms with Gasteiger partial charge in [0.2, 0.25) is 5.78 Å². The van der Waals surface area contributed by atoms with Crippen LogP contribution in [0.2, 0.25) is 0 Å². The second kappa shape index (κ2) is 11.8. The van der Waals surface area contributed by atoms with Gasteiger partial charge in [0.1, 0.15) is 5.01 Å². The first-order chi connectivity index (χ1) is 18.8. The summed E-state index contributed by atoms with van der Waals surface area (Å²) >= 11 is 1.30. The first-order valence-corrected chi connectivity index (χ1v) is 14.4. The van der Waals surface area contributed by atoms with E-state index < -0.39 is 17.7 Å². The predicted octanol–water partition coefficient (Wildman–Crippen LogP) is 5.54. The maximum absolute atomic E-state index is 14.0. The number of benzene rings is 2. The van der Waals surface area contributed by atoms with Crippen LogP contribution < -0.4 is 0 Å². The van der Waals surface area contributed by atoms with Gasteiger partial charge in [0.15, 0.2) is 5.76 Å². The number of aliphatic hydroxyl groups is 1. The molecular weight excluding hydrogens is 510 g/mol. The van der Waals surface area contributed by atoms with Gasteiger partial charge in [0, 0.05) is 31.7 Å². The fourth-order valence-electron chi connectivity index (χ4n) is 5.25. The van der Waals surface area contributed by atoms with Crippen LogP contribution in [0.5, 0.6) is 0 Å². The molecule has 0 bridgehead atoms. The molecule has 1 fully saturated rings. The molecule has 1 aromatic heterocycles. The van der Waals surface area contributed by atoms with E-state index in [4.69, 9.17) is 4.74 Å². The summed E-state index contributed by atoms with van der Waals surface area (Å²) in [5, 5.41) is 11.9. The Morgan fingerprint density at radius 3 is 2.44 bits per heavy atom. The number of amides is 1. The van der Waals surface area contributed by atoms with Crippen molar-refractivity contribution in [3.8, 4) is 10.6 Å². The molecule has 7 nitrogen and oxygen atoms in total. The van der Waals surface area contributed by atoms with Crippen LogP contribution in [0, 0.1) is 6.92 Å². The van der Waals surface area contributed by atoms with Crippen LogP contribution in [0.3, 0.4) is 0 Å². The lowest BCUT2D eigenvalue weighted by molar-refractivity contribution is -0.129. The maximum Gasteiger partial charge on any atom is 0.290 e. The number of carbonyl (C=O) groups excluding carboxylic acids is 2. The molecule has 3 aromatic rings. The van der Waals surface area contributed by atoms with Crippen molar-refractivity contribution >= 4 is 23.0 Å². The monoisotopic (exact) mass is 545 g/mol. The Morgan fingerprint density at radius 1 is 1.08 bits per heavy atom. The lowest BCUT2D eigenvalue weighted by atomic mass is 9.93. The minimum absolute atomic E-state index is 0.134. The Morgan fingerprint density at radius 2 is 1.77 bits per heavy atom. The van der Waals surface area contributed by atoms with Gasteiger partial charge in [0.25, 0.3) is 5.91 Å². The number of rotatable bonds is 9. The molecule has 1 saturated heterocycles. The number of ketones is 1. The molecule has 1 unspecified atom stereocenters. The lowest BCUT2D eigenvalue weighted by Crippen LogP contribution is -2.39. The summed E-state index contributed by atoms with van der Waals surface area (Å²) < 4.78 is 5.45. The molecule has 1 N–H and O–H groups in total. The third-order valence-corrected chi connectivity index (χ3v) is 8.67. The highest BCUT2D eigenvalue weighted by Crippen LogP contribution is 2.41. The smallest absolute Gasteiger partial charge is 0.290 e. The Labute approximate surface area is 233 Å². The molecular formula is C31H35N3O4S. The number of hydrogen-bond donors (Lipinski definition) is 1. The summed E-state index contributed by atoms with van der Waals surface area (Å²) in [7, 11) is 0. The molecule has 0 aliphatic carbocycles. The van der Waals surface area contributed by atoms with Crippen LogP contribution in [0.1, 0.15) is 58.7 Å². The average Bonchev–Trinajstić information content (AvgIpc) is 3.46. The first kappa shape index (κ1) is 27.2. The largest absolute Gasteiger partial charge is 0.503 e. The van der Waals surface area contributed by atoms with Gasteiger partial charge in [-0.05, 0) is 30.4 Å². The molecule has 0 spiro atoms. The van der Waals surface area contributed by atoms with E-state index >= 15 is 0 Å². The summed E-state index contributed by atoms with van der Waals surface area (Å²) in [5.74, 6) is -0.941. The molecule has 2 aliphatic rings. The molecule has 3 heterocycles. The molecule has 39 heavy (non-hydrogen) atoms. The highest BCUT2D eigenvalue weighted by molar-refractivity contribution is 7.17. The van der Waals surface area contributed by atoms with E-state index in [2.05, 4.69) is 23.7 Å². The van der Waals surface area contributed by atoms with Crippen LogP contribution in [-0.4, -0.2) is 71.0 Å². The number of nitrogens with zero attached hydrogens (tertiary/aromatic N) is 3. The number of carbonyl (C=O) groups is 2. The highest BCUT2D eigenvalue weighted by Gasteiger charge is 2.44. The van der Waals surface area contributed by atoms with Gasteiger partial charge in [0.05, 0.1) is 35.4 Å². The van der Waals surface area contributed by atoms with Crippen molar-refractivity contribution in [2.75, 3.05) is 39.4 Å². The first-order valence-electron chi connectivity index (χ1n) is 13.6. The van der Waals surface area contributed by atoms with Crippen LogP contribution in [0.15, 0.2) is 65.9 Å². The van der Waals surface area contributed by atoms with Crippen molar-refractivity contribution in [3.05, 3.63) is 87.6 Å². The van der Waals surface area contributed by atoms with E-state index in [1.165, 1.54) is 16.9 Å². The number of hydrogen-bond acceptors (Lipinski definition) is 7. The van der Waals surface area contributed by atoms with Crippen LogP contribution >= 0.6 is 11.3 Å². The van der Waals surface area contributed by atoms with Gasteiger partial charge in [-0.15, -0.1) is 11.3 Å². The second-order valence-corrected chi connectivity index (χ2v) is 11.4. The molecule has 2 aliphatic heterocycles. The molecule has 5 rings (SSSR count). The third kappa shape index (κ3) is 5.69. The van der Waals surface area contributed by atoms with E-state index in [0.29, 0.717) is 36.2 Å². The summed E-state index contributed by atoms with van der Waals surface area (Å²) in [6.07, 6.45) is 0.735. The normalized spacial score (nSPS) is 18.4. The van der Waals surface area contributed by atoms with E-state index in [1.807, 2.05) is 54.6 Å². The van der Waals surface area contributed by atoms with Gasteiger partial charge in [-0.3, -0.25) is 14.5 Å². The van der Waals surface area contributed by atoms with E-state index in [9.17, 15) is 14.7 Å². The number of Topliss-reactive ketones (excluding diaryl/α,β-unsaturated/α-hetero) is 1. The summed E-state index contributed by atoms with van der Waals surface area (Å²) in [6, 6.07) is 17.1. The van der Waals surface area contributed by atoms with Gasteiger partial charge in [-0.25, -0.2) is 4.98 Å². The zero-order chi connectivity index (χ0) is 27.5. The van der Waals surface area contributed by atoms with Crippen molar-refractivity contribution in [2.24, 2.45) is 0 Å². The number of aromatic nitrogens is 1. The Balaban J connectivity index is 1.46. The molecule has 0 saturated carbocycles. The quantitative estimate of drug-likeness (QED) is 0.356. The van der Waals surface area contributed by atoms with Gasteiger partial charge in [-0.1, -0.05) is 68.4 Å². The molecule has 204 valence electrons. The second-order valence-electron chi connectivity index (χ2n) is 10.4. The van der Waals surface area contributed by atoms with Crippen LogP contribution in [0.4, 0.5) is 0 Å². The summed E-state index contributed by atoms with van der Waals surface area (Å²) in [5.41, 5.74) is 3.65.